The minimum Gasteiger partial charge on any atom is -0.312 e. The first kappa shape index (κ1) is 12.0. The zero-order valence-electron chi connectivity index (χ0n) is 10.3. The van der Waals surface area contributed by atoms with E-state index < -0.39 is 0 Å². The minimum absolute atomic E-state index is 0.274. The predicted molar refractivity (Wildman–Crippen MR) is 62.6 cm³/mol. The molecule has 1 heterocycles. The number of hydrogen-bond donors (Lipinski definition) is 1. The molecule has 1 unspecified atom stereocenters. The summed E-state index contributed by atoms with van der Waals surface area (Å²) < 4.78 is 0. The zero-order chi connectivity index (χ0) is 10.6. The fourth-order valence-electron chi connectivity index (χ4n) is 2.07. The van der Waals surface area contributed by atoms with Gasteiger partial charge in [-0.1, -0.05) is 0 Å². The topological polar surface area (TPSA) is 15.3 Å². The van der Waals surface area contributed by atoms with Crippen LogP contribution in [0.4, 0.5) is 0 Å². The molecule has 0 bridgehead atoms. The van der Waals surface area contributed by atoms with E-state index in [9.17, 15) is 0 Å². The SMILES string of the molecule is CC1CCCN1CCCNC(C)(C)C. The highest BCUT2D eigenvalue weighted by molar-refractivity contribution is 4.76. The molecule has 0 aliphatic carbocycles. The molecule has 0 aromatic rings. The average molecular weight is 198 g/mol. The normalized spacial score (nSPS) is 24.4. The van der Waals surface area contributed by atoms with Crippen LogP contribution in [0.1, 0.15) is 47.0 Å². The molecule has 1 fully saturated rings. The summed E-state index contributed by atoms with van der Waals surface area (Å²) in [6.45, 7) is 12.8. The van der Waals surface area contributed by atoms with Crippen molar-refractivity contribution in [2.75, 3.05) is 19.6 Å². The molecule has 1 saturated heterocycles. The number of nitrogens with one attached hydrogen (secondary N) is 1. The molecule has 1 aliphatic heterocycles. The van der Waals surface area contributed by atoms with Crippen molar-refractivity contribution < 1.29 is 0 Å². The summed E-state index contributed by atoms with van der Waals surface area (Å²) in [6.07, 6.45) is 4.07. The van der Waals surface area contributed by atoms with Crippen LogP contribution in [0.15, 0.2) is 0 Å². The summed E-state index contributed by atoms with van der Waals surface area (Å²) >= 11 is 0. The molecule has 1 N–H and O–H groups in total. The van der Waals surface area contributed by atoms with Crippen LogP contribution in [0.5, 0.6) is 0 Å². The van der Waals surface area contributed by atoms with E-state index in [0.717, 1.165) is 12.6 Å². The van der Waals surface area contributed by atoms with Crippen molar-refractivity contribution in [1.82, 2.24) is 10.2 Å². The van der Waals surface area contributed by atoms with E-state index >= 15 is 0 Å². The highest BCUT2D eigenvalue weighted by Crippen LogP contribution is 2.15. The van der Waals surface area contributed by atoms with Gasteiger partial charge < -0.3 is 10.2 Å². The van der Waals surface area contributed by atoms with Crippen LogP contribution in [0.3, 0.4) is 0 Å². The summed E-state index contributed by atoms with van der Waals surface area (Å²) in [5, 5.41) is 3.53. The fraction of sp³-hybridized carbons (Fsp3) is 1.00. The maximum absolute atomic E-state index is 3.53. The lowest BCUT2D eigenvalue weighted by Gasteiger charge is -2.24. The van der Waals surface area contributed by atoms with Crippen molar-refractivity contribution in [3.63, 3.8) is 0 Å². The molecule has 0 amide bonds. The van der Waals surface area contributed by atoms with E-state index in [4.69, 9.17) is 0 Å². The van der Waals surface area contributed by atoms with E-state index in [2.05, 4.69) is 37.9 Å². The average Bonchev–Trinajstić information content (AvgIpc) is 2.44. The molecule has 0 aromatic heterocycles. The first-order chi connectivity index (χ1) is 6.49. The zero-order valence-corrected chi connectivity index (χ0v) is 10.3. The highest BCUT2D eigenvalue weighted by Gasteiger charge is 2.19. The number of likely N-dealkylation sites (tertiary alicyclic amines) is 1. The van der Waals surface area contributed by atoms with Crippen molar-refractivity contribution >= 4 is 0 Å². The lowest BCUT2D eigenvalue weighted by atomic mass is 10.1. The van der Waals surface area contributed by atoms with Crippen LogP contribution >= 0.6 is 0 Å². The van der Waals surface area contributed by atoms with Crippen molar-refractivity contribution in [2.45, 2.75) is 58.5 Å². The Hall–Kier alpha value is -0.0800. The van der Waals surface area contributed by atoms with Gasteiger partial charge in [-0.2, -0.15) is 0 Å². The van der Waals surface area contributed by atoms with Gasteiger partial charge >= 0.3 is 0 Å². The summed E-state index contributed by atoms with van der Waals surface area (Å²) in [5.74, 6) is 0. The highest BCUT2D eigenvalue weighted by atomic mass is 15.2. The van der Waals surface area contributed by atoms with Gasteiger partial charge in [0.1, 0.15) is 0 Å². The smallest absolute Gasteiger partial charge is 0.00965 e. The maximum Gasteiger partial charge on any atom is 0.00965 e. The Morgan fingerprint density at radius 2 is 2.07 bits per heavy atom. The number of rotatable bonds is 4. The van der Waals surface area contributed by atoms with Gasteiger partial charge in [-0.15, -0.1) is 0 Å². The number of nitrogens with zero attached hydrogens (tertiary/aromatic N) is 1. The molecule has 1 aliphatic rings. The lowest BCUT2D eigenvalue weighted by Crippen LogP contribution is -2.38. The summed E-state index contributed by atoms with van der Waals surface area (Å²) in [5.41, 5.74) is 0.274. The third-order valence-electron chi connectivity index (χ3n) is 2.97. The quantitative estimate of drug-likeness (QED) is 0.697. The summed E-state index contributed by atoms with van der Waals surface area (Å²) in [7, 11) is 0. The Morgan fingerprint density at radius 1 is 1.36 bits per heavy atom. The first-order valence-corrected chi connectivity index (χ1v) is 5.98. The Kier molecular flexibility index (Phi) is 4.39. The molecule has 1 atom stereocenters. The van der Waals surface area contributed by atoms with Crippen molar-refractivity contribution in [1.29, 1.82) is 0 Å². The molecule has 2 heteroatoms. The summed E-state index contributed by atoms with van der Waals surface area (Å²) in [6, 6.07) is 0.824. The van der Waals surface area contributed by atoms with Gasteiger partial charge in [0.25, 0.3) is 0 Å². The van der Waals surface area contributed by atoms with Crippen LogP contribution in [-0.4, -0.2) is 36.1 Å². The third-order valence-corrected chi connectivity index (χ3v) is 2.97. The van der Waals surface area contributed by atoms with Crippen molar-refractivity contribution in [2.24, 2.45) is 0 Å². The minimum atomic E-state index is 0.274. The lowest BCUT2D eigenvalue weighted by molar-refractivity contribution is 0.260. The van der Waals surface area contributed by atoms with E-state index in [1.165, 1.54) is 32.4 Å². The van der Waals surface area contributed by atoms with Crippen LogP contribution in [0, 0.1) is 0 Å². The van der Waals surface area contributed by atoms with Gasteiger partial charge in [-0.25, -0.2) is 0 Å². The van der Waals surface area contributed by atoms with E-state index in [-0.39, 0.29) is 5.54 Å². The standard InChI is InChI=1S/C12H26N2/c1-11-7-5-9-14(11)10-6-8-13-12(2,3)4/h11,13H,5-10H2,1-4H3. The van der Waals surface area contributed by atoms with Gasteiger partial charge in [0.15, 0.2) is 0 Å². The monoisotopic (exact) mass is 198 g/mol. The maximum atomic E-state index is 3.53. The third kappa shape index (κ3) is 4.43. The Morgan fingerprint density at radius 3 is 2.57 bits per heavy atom. The van der Waals surface area contributed by atoms with Crippen LogP contribution in [0.2, 0.25) is 0 Å². The largest absolute Gasteiger partial charge is 0.312 e. The number of hydrogen-bond acceptors (Lipinski definition) is 2. The van der Waals surface area contributed by atoms with Gasteiger partial charge in [0.05, 0.1) is 0 Å². The molecule has 0 saturated carbocycles. The van der Waals surface area contributed by atoms with Gasteiger partial charge in [0, 0.05) is 11.6 Å². The molecule has 14 heavy (non-hydrogen) atoms. The van der Waals surface area contributed by atoms with E-state index in [1.54, 1.807) is 0 Å². The van der Waals surface area contributed by atoms with E-state index in [0.29, 0.717) is 0 Å². The molecule has 1 rings (SSSR count). The molecule has 0 radical (unpaired) electrons. The predicted octanol–water partition coefficient (Wildman–Crippen LogP) is 2.25. The van der Waals surface area contributed by atoms with Crippen molar-refractivity contribution in [3.8, 4) is 0 Å². The van der Waals surface area contributed by atoms with Gasteiger partial charge in [0.2, 0.25) is 0 Å². The van der Waals surface area contributed by atoms with Gasteiger partial charge in [-0.05, 0) is 66.6 Å². The Balaban J connectivity index is 2.04. The van der Waals surface area contributed by atoms with Crippen molar-refractivity contribution in [3.05, 3.63) is 0 Å². The molecule has 0 spiro atoms. The second-order valence-corrected chi connectivity index (χ2v) is 5.56. The first-order valence-electron chi connectivity index (χ1n) is 5.98. The molecule has 2 nitrogen and oxygen atoms in total. The van der Waals surface area contributed by atoms with Crippen LogP contribution in [0.25, 0.3) is 0 Å². The fourth-order valence-corrected chi connectivity index (χ4v) is 2.07. The molecular formula is C12H26N2. The van der Waals surface area contributed by atoms with Crippen LogP contribution < -0.4 is 5.32 Å². The van der Waals surface area contributed by atoms with Crippen LogP contribution in [-0.2, 0) is 0 Å². The Labute approximate surface area is 89.1 Å². The summed E-state index contributed by atoms with van der Waals surface area (Å²) in [4.78, 5) is 2.62. The van der Waals surface area contributed by atoms with E-state index in [1.807, 2.05) is 0 Å². The van der Waals surface area contributed by atoms with Gasteiger partial charge in [-0.3, -0.25) is 0 Å². The molecular weight excluding hydrogens is 172 g/mol. The molecule has 0 aromatic carbocycles. The Bertz CT molecular complexity index is 160. The second-order valence-electron chi connectivity index (χ2n) is 5.56. The molecule has 84 valence electrons. The second kappa shape index (κ2) is 5.13.